The van der Waals surface area contributed by atoms with E-state index in [1.54, 1.807) is 12.3 Å². The van der Waals surface area contributed by atoms with Crippen molar-refractivity contribution in [3.63, 3.8) is 0 Å². The van der Waals surface area contributed by atoms with Crippen molar-refractivity contribution in [1.82, 2.24) is 15.3 Å². The van der Waals surface area contributed by atoms with E-state index >= 15 is 0 Å². The van der Waals surface area contributed by atoms with Crippen LogP contribution in [0, 0.1) is 5.92 Å². The van der Waals surface area contributed by atoms with Crippen LogP contribution >= 0.6 is 0 Å². The number of amides is 1. The number of aromatic nitrogens is 2. The van der Waals surface area contributed by atoms with Crippen LogP contribution in [0.1, 0.15) is 31.2 Å². The van der Waals surface area contributed by atoms with Gasteiger partial charge in [-0.1, -0.05) is 18.2 Å². The van der Waals surface area contributed by atoms with E-state index in [4.69, 9.17) is 0 Å². The monoisotopic (exact) mass is 451 g/mol. The van der Waals surface area contributed by atoms with Gasteiger partial charge in [0.1, 0.15) is 11.6 Å². The fourth-order valence-electron chi connectivity index (χ4n) is 3.73. The van der Waals surface area contributed by atoms with Crippen molar-refractivity contribution >= 4 is 17.7 Å². The van der Waals surface area contributed by atoms with Crippen LogP contribution in [0.2, 0.25) is 0 Å². The number of nitrogens with zero attached hydrogens (tertiary/aromatic N) is 3. The number of rotatable bonds is 8. The predicted octanol–water partition coefficient (Wildman–Crippen LogP) is 3.77. The lowest BCUT2D eigenvalue weighted by Gasteiger charge is -2.29. The number of carbonyl (C=O) groups excluding carboxylic acids is 1. The summed E-state index contributed by atoms with van der Waals surface area (Å²) in [5.74, 6) is 1.10. The Morgan fingerprint density at radius 1 is 1.16 bits per heavy atom. The number of nitrogens with one attached hydrogen (secondary N) is 2. The molecule has 0 saturated heterocycles. The Morgan fingerprint density at radius 2 is 1.88 bits per heavy atom. The summed E-state index contributed by atoms with van der Waals surface area (Å²) in [4.78, 5) is 23.0. The summed E-state index contributed by atoms with van der Waals surface area (Å²) in [6, 6.07) is 7.81. The van der Waals surface area contributed by atoms with Crippen LogP contribution in [0.4, 0.5) is 24.9 Å². The molecule has 32 heavy (non-hydrogen) atoms. The molecule has 174 valence electrons. The second kappa shape index (κ2) is 10.5. The topological polar surface area (TPSA) is 79.4 Å². The van der Waals surface area contributed by atoms with Crippen LogP contribution in [0.15, 0.2) is 36.5 Å². The van der Waals surface area contributed by atoms with E-state index in [1.807, 2.05) is 25.1 Å². The van der Waals surface area contributed by atoms with Gasteiger partial charge in [-0.05, 0) is 43.7 Å². The van der Waals surface area contributed by atoms with Crippen LogP contribution in [0.3, 0.4) is 0 Å². The van der Waals surface area contributed by atoms with Gasteiger partial charge in [0.25, 0.3) is 0 Å². The quantitative estimate of drug-likeness (QED) is 0.636. The van der Waals surface area contributed by atoms with Gasteiger partial charge in [-0.15, -0.1) is 13.2 Å². The van der Waals surface area contributed by atoms with Gasteiger partial charge in [0.2, 0.25) is 11.9 Å². The van der Waals surface area contributed by atoms with Crippen molar-refractivity contribution in [2.24, 2.45) is 5.92 Å². The Bertz CT molecular complexity index is 899. The molecule has 0 bridgehead atoms. The third-order valence-electron chi connectivity index (χ3n) is 5.42. The Balaban J connectivity index is 1.43. The van der Waals surface area contributed by atoms with Gasteiger partial charge in [-0.25, -0.2) is 4.98 Å². The molecule has 1 aromatic carbocycles. The van der Waals surface area contributed by atoms with Crippen LogP contribution < -0.4 is 20.3 Å². The number of halogens is 3. The molecule has 0 spiro atoms. The molecule has 1 heterocycles. The van der Waals surface area contributed by atoms with Crippen molar-refractivity contribution in [2.75, 3.05) is 30.9 Å². The van der Waals surface area contributed by atoms with Gasteiger partial charge >= 0.3 is 6.36 Å². The van der Waals surface area contributed by atoms with E-state index < -0.39 is 6.36 Å². The minimum absolute atomic E-state index is 0.164. The maximum Gasteiger partial charge on any atom is 0.573 e. The molecular formula is C22H28F3N5O2. The van der Waals surface area contributed by atoms with Crippen molar-refractivity contribution in [2.45, 2.75) is 44.5 Å². The van der Waals surface area contributed by atoms with Gasteiger partial charge in [0.15, 0.2) is 0 Å². The first-order valence-corrected chi connectivity index (χ1v) is 10.6. The highest BCUT2D eigenvalue weighted by atomic mass is 19.4. The lowest BCUT2D eigenvalue weighted by Crippen LogP contribution is -2.35. The average molecular weight is 451 g/mol. The van der Waals surface area contributed by atoms with E-state index in [2.05, 4.69) is 25.3 Å². The molecule has 1 aliphatic rings. The fraction of sp³-hybridized carbons (Fsp3) is 0.500. The maximum atomic E-state index is 12.5. The fourth-order valence-corrected chi connectivity index (χ4v) is 3.73. The van der Waals surface area contributed by atoms with Gasteiger partial charge in [0, 0.05) is 38.4 Å². The summed E-state index contributed by atoms with van der Waals surface area (Å²) in [6.45, 7) is 0.500. The summed E-state index contributed by atoms with van der Waals surface area (Å²) >= 11 is 0. The molecule has 1 saturated carbocycles. The Hall–Kier alpha value is -3.04. The van der Waals surface area contributed by atoms with E-state index in [0.717, 1.165) is 31.5 Å². The van der Waals surface area contributed by atoms with E-state index in [1.165, 1.54) is 18.2 Å². The molecule has 1 aromatic heterocycles. The van der Waals surface area contributed by atoms with Crippen LogP contribution in [0.5, 0.6) is 5.75 Å². The van der Waals surface area contributed by atoms with Gasteiger partial charge < -0.3 is 20.3 Å². The van der Waals surface area contributed by atoms with Crippen LogP contribution in [-0.2, 0) is 11.2 Å². The zero-order valence-electron chi connectivity index (χ0n) is 18.2. The molecular weight excluding hydrogens is 423 g/mol. The lowest BCUT2D eigenvalue weighted by molar-refractivity contribution is -0.274. The molecule has 3 rings (SSSR count). The van der Waals surface area contributed by atoms with Crippen molar-refractivity contribution in [3.8, 4) is 5.75 Å². The van der Waals surface area contributed by atoms with E-state index in [9.17, 15) is 18.0 Å². The van der Waals surface area contributed by atoms with Crippen molar-refractivity contribution in [1.29, 1.82) is 0 Å². The smallest absolute Gasteiger partial charge is 0.405 e. The van der Waals surface area contributed by atoms with E-state index in [-0.39, 0.29) is 29.7 Å². The number of carbonyl (C=O) groups is 1. The first-order valence-electron chi connectivity index (χ1n) is 10.6. The van der Waals surface area contributed by atoms with Gasteiger partial charge in [-0.3, -0.25) is 4.79 Å². The zero-order chi connectivity index (χ0) is 23.1. The second-order valence-corrected chi connectivity index (χ2v) is 8.13. The maximum absolute atomic E-state index is 12.5. The lowest BCUT2D eigenvalue weighted by atomic mass is 9.86. The van der Waals surface area contributed by atoms with E-state index in [0.29, 0.717) is 18.4 Å². The number of alkyl halides is 3. The van der Waals surface area contributed by atoms with Gasteiger partial charge in [-0.2, -0.15) is 4.98 Å². The largest absolute Gasteiger partial charge is 0.573 e. The zero-order valence-corrected chi connectivity index (χ0v) is 18.2. The molecule has 0 unspecified atom stereocenters. The predicted molar refractivity (Wildman–Crippen MR) is 116 cm³/mol. The summed E-state index contributed by atoms with van der Waals surface area (Å²) in [6.07, 6.45) is 0.485. The number of ether oxygens (including phenoxy) is 1. The summed E-state index contributed by atoms with van der Waals surface area (Å²) in [5.41, 5.74) is 0.204. The second-order valence-electron chi connectivity index (χ2n) is 8.13. The molecule has 2 aromatic rings. The molecule has 7 nitrogen and oxygen atoms in total. The number of hydrogen-bond donors (Lipinski definition) is 2. The molecule has 10 heteroatoms. The van der Waals surface area contributed by atoms with Gasteiger partial charge in [0.05, 0.1) is 6.42 Å². The SMILES string of the molecule is CN(C)c1ccnc(N[C@H]2CC[C@@H](CNC(=O)Cc3ccccc3OC(F)(F)F)CC2)n1. The van der Waals surface area contributed by atoms with Crippen molar-refractivity contribution < 1.29 is 22.7 Å². The molecule has 1 aliphatic carbocycles. The first kappa shape index (κ1) is 23.6. The minimum Gasteiger partial charge on any atom is -0.405 e. The number of benzene rings is 1. The number of para-hydroxylation sites is 1. The summed E-state index contributed by atoms with van der Waals surface area (Å²) < 4.78 is 41.6. The average Bonchev–Trinajstić information content (AvgIpc) is 2.74. The summed E-state index contributed by atoms with van der Waals surface area (Å²) in [5, 5.41) is 6.23. The standard InChI is InChI=1S/C22H28F3N5O2/c1-30(2)19-11-12-26-21(29-19)28-17-9-7-15(8-10-17)14-27-20(31)13-16-5-3-4-6-18(16)32-22(23,24)25/h3-6,11-12,15,17H,7-10,13-14H2,1-2H3,(H,27,31)(H,26,28,29)/t15-,17+. The molecule has 1 amide bonds. The molecule has 0 atom stereocenters. The molecule has 2 N–H and O–H groups in total. The highest BCUT2D eigenvalue weighted by Gasteiger charge is 2.32. The van der Waals surface area contributed by atoms with Crippen molar-refractivity contribution in [3.05, 3.63) is 42.1 Å². The Labute approximate surface area is 185 Å². The minimum atomic E-state index is -4.79. The number of anilines is 2. The third kappa shape index (κ3) is 7.28. The third-order valence-corrected chi connectivity index (χ3v) is 5.42. The summed E-state index contributed by atoms with van der Waals surface area (Å²) in [7, 11) is 3.85. The van der Waals surface area contributed by atoms with Crippen LogP contribution in [-0.4, -0.2) is 48.9 Å². The molecule has 0 radical (unpaired) electrons. The molecule has 1 fully saturated rings. The van der Waals surface area contributed by atoms with Crippen LogP contribution in [0.25, 0.3) is 0 Å². The number of hydrogen-bond acceptors (Lipinski definition) is 6. The first-order chi connectivity index (χ1) is 15.2. The Kier molecular flexibility index (Phi) is 7.76. The Morgan fingerprint density at radius 3 is 2.56 bits per heavy atom. The normalized spacial score (nSPS) is 18.7. The highest BCUT2D eigenvalue weighted by molar-refractivity contribution is 5.79. The molecule has 0 aliphatic heterocycles. The highest BCUT2D eigenvalue weighted by Crippen LogP contribution is 2.27.